The Bertz CT molecular complexity index is 632. The molecule has 1 heterocycles. The van der Waals surface area contributed by atoms with Crippen LogP contribution in [0.3, 0.4) is 0 Å². The van der Waals surface area contributed by atoms with E-state index in [2.05, 4.69) is 5.10 Å². The van der Waals surface area contributed by atoms with Gasteiger partial charge in [0.05, 0.1) is 25.4 Å². The molecule has 1 saturated heterocycles. The van der Waals surface area contributed by atoms with Crippen LogP contribution < -0.4 is 5.73 Å². The minimum Gasteiger partial charge on any atom is -0.460 e. The number of ether oxygens (including phenoxy) is 2. The minimum absolute atomic E-state index is 0.144. The number of hydrogen-bond donors (Lipinski definition) is 2. The van der Waals surface area contributed by atoms with Crippen LogP contribution >= 0.6 is 0 Å². The van der Waals surface area contributed by atoms with E-state index in [9.17, 15) is 14.7 Å². The van der Waals surface area contributed by atoms with Crippen LogP contribution in [0.2, 0.25) is 0 Å². The van der Waals surface area contributed by atoms with Crippen molar-refractivity contribution in [3.63, 3.8) is 0 Å². The van der Waals surface area contributed by atoms with E-state index < -0.39 is 36.0 Å². The second-order valence-electron chi connectivity index (χ2n) is 5.72. The Morgan fingerprint density at radius 3 is 2.72 bits per heavy atom. The van der Waals surface area contributed by atoms with Crippen molar-refractivity contribution in [2.45, 2.75) is 45.1 Å². The Labute approximate surface area is 146 Å². The standard InChI is InChI=1S/C17H23N3O5/c1-3-24-17(23)15(18)19-20-13(11(2)21)9-14(16(20)22)25-10-12-7-5-4-6-8-12/h4-8,11,13-14,21H,3,9-10H2,1-2H3,(H2,18,19). The van der Waals surface area contributed by atoms with Gasteiger partial charge in [-0.3, -0.25) is 4.79 Å². The number of esters is 1. The first-order valence-electron chi connectivity index (χ1n) is 8.11. The van der Waals surface area contributed by atoms with Crippen LogP contribution in [0.1, 0.15) is 25.8 Å². The number of nitrogens with two attached hydrogens (primary N) is 1. The largest absolute Gasteiger partial charge is 0.460 e. The topological polar surface area (TPSA) is 114 Å². The van der Waals surface area contributed by atoms with E-state index in [4.69, 9.17) is 15.2 Å². The molecule has 1 aliphatic heterocycles. The van der Waals surface area contributed by atoms with Gasteiger partial charge in [0.1, 0.15) is 6.10 Å². The summed E-state index contributed by atoms with van der Waals surface area (Å²) in [6, 6.07) is 8.80. The molecule has 0 radical (unpaired) electrons. The van der Waals surface area contributed by atoms with Gasteiger partial charge < -0.3 is 20.3 Å². The molecule has 136 valence electrons. The lowest BCUT2D eigenvalue weighted by Crippen LogP contribution is -2.40. The molecule has 1 aromatic carbocycles. The van der Waals surface area contributed by atoms with E-state index in [-0.39, 0.29) is 19.6 Å². The van der Waals surface area contributed by atoms with Crippen LogP contribution in [0.25, 0.3) is 0 Å². The number of hydrazone groups is 1. The van der Waals surface area contributed by atoms with Crippen LogP contribution in [0.15, 0.2) is 35.4 Å². The van der Waals surface area contributed by atoms with E-state index in [1.165, 1.54) is 0 Å². The molecule has 25 heavy (non-hydrogen) atoms. The summed E-state index contributed by atoms with van der Waals surface area (Å²) in [5, 5.41) is 14.8. The summed E-state index contributed by atoms with van der Waals surface area (Å²) >= 11 is 0. The lowest BCUT2D eigenvalue weighted by molar-refractivity contribution is -0.139. The van der Waals surface area contributed by atoms with Crippen LogP contribution in [0.5, 0.6) is 0 Å². The molecule has 0 spiro atoms. The minimum atomic E-state index is -0.854. The van der Waals surface area contributed by atoms with Gasteiger partial charge in [0.2, 0.25) is 5.84 Å². The molecule has 0 saturated carbocycles. The highest BCUT2D eigenvalue weighted by molar-refractivity contribution is 6.34. The van der Waals surface area contributed by atoms with Crippen LogP contribution in [0.4, 0.5) is 0 Å². The Balaban J connectivity index is 2.09. The fourth-order valence-electron chi connectivity index (χ4n) is 2.53. The van der Waals surface area contributed by atoms with E-state index >= 15 is 0 Å². The van der Waals surface area contributed by atoms with Crippen molar-refractivity contribution in [3.8, 4) is 0 Å². The predicted molar refractivity (Wildman–Crippen MR) is 90.2 cm³/mol. The molecule has 1 aliphatic rings. The van der Waals surface area contributed by atoms with Crippen molar-refractivity contribution in [2.75, 3.05) is 6.61 Å². The smallest absolute Gasteiger partial charge is 0.375 e. The summed E-state index contributed by atoms with van der Waals surface area (Å²) in [5.41, 5.74) is 6.50. The lowest BCUT2D eigenvalue weighted by atomic mass is 10.1. The third-order valence-corrected chi connectivity index (χ3v) is 3.82. The fraction of sp³-hybridized carbons (Fsp3) is 0.471. The molecule has 2 rings (SSSR count). The lowest BCUT2D eigenvalue weighted by Gasteiger charge is -2.21. The third kappa shape index (κ3) is 4.77. The Hall–Kier alpha value is -2.45. The number of amidine groups is 1. The Morgan fingerprint density at radius 2 is 2.12 bits per heavy atom. The fourth-order valence-corrected chi connectivity index (χ4v) is 2.53. The molecule has 8 nitrogen and oxygen atoms in total. The van der Waals surface area contributed by atoms with Gasteiger partial charge in [-0.1, -0.05) is 30.3 Å². The number of amides is 1. The SMILES string of the molecule is CCOC(=O)C(N)=NN1C(=O)C(OCc2ccccc2)CC1C(C)O. The maximum absolute atomic E-state index is 12.5. The second-order valence-corrected chi connectivity index (χ2v) is 5.72. The van der Waals surface area contributed by atoms with E-state index in [0.717, 1.165) is 10.6 Å². The monoisotopic (exact) mass is 349 g/mol. The van der Waals surface area contributed by atoms with Crippen molar-refractivity contribution in [1.82, 2.24) is 5.01 Å². The van der Waals surface area contributed by atoms with Crippen molar-refractivity contribution in [3.05, 3.63) is 35.9 Å². The van der Waals surface area contributed by atoms with Crippen LogP contribution in [-0.4, -0.2) is 52.7 Å². The average molecular weight is 349 g/mol. The first-order valence-corrected chi connectivity index (χ1v) is 8.11. The zero-order chi connectivity index (χ0) is 18.4. The summed E-state index contributed by atoms with van der Waals surface area (Å²) in [7, 11) is 0. The molecule has 8 heteroatoms. The maximum Gasteiger partial charge on any atom is 0.375 e. The van der Waals surface area contributed by atoms with Gasteiger partial charge in [0.15, 0.2) is 0 Å². The Morgan fingerprint density at radius 1 is 1.44 bits per heavy atom. The summed E-state index contributed by atoms with van der Waals surface area (Å²) in [5.74, 6) is -1.70. The van der Waals surface area contributed by atoms with Gasteiger partial charge in [-0.15, -0.1) is 5.10 Å². The highest BCUT2D eigenvalue weighted by atomic mass is 16.5. The highest BCUT2D eigenvalue weighted by Crippen LogP contribution is 2.25. The third-order valence-electron chi connectivity index (χ3n) is 3.82. The number of aliphatic hydroxyl groups is 1. The number of nitrogens with zero attached hydrogens (tertiary/aromatic N) is 2. The summed E-state index contributed by atoms with van der Waals surface area (Å²) in [6.07, 6.45) is -1.37. The number of hydrogen-bond acceptors (Lipinski definition) is 6. The van der Waals surface area contributed by atoms with E-state index in [1.807, 2.05) is 30.3 Å². The number of carbonyl (C=O) groups is 2. The first-order chi connectivity index (χ1) is 11.9. The first kappa shape index (κ1) is 18.9. The quantitative estimate of drug-likeness (QED) is 0.436. The molecule has 0 aromatic heterocycles. The summed E-state index contributed by atoms with van der Waals surface area (Å²) in [4.78, 5) is 24.1. The second kappa shape index (κ2) is 8.59. The average Bonchev–Trinajstić information content (AvgIpc) is 2.90. The van der Waals surface area contributed by atoms with Crippen molar-refractivity contribution in [2.24, 2.45) is 10.8 Å². The zero-order valence-corrected chi connectivity index (χ0v) is 14.3. The molecule has 3 unspecified atom stereocenters. The molecule has 1 aromatic rings. The van der Waals surface area contributed by atoms with Crippen molar-refractivity contribution < 1.29 is 24.2 Å². The predicted octanol–water partition coefficient (Wildman–Crippen LogP) is 0.389. The van der Waals surface area contributed by atoms with Gasteiger partial charge in [0, 0.05) is 6.42 Å². The molecule has 1 fully saturated rings. The summed E-state index contributed by atoms with van der Waals surface area (Å²) in [6.45, 7) is 3.58. The number of carbonyl (C=O) groups excluding carboxylic acids is 2. The van der Waals surface area contributed by atoms with E-state index in [0.29, 0.717) is 0 Å². The summed E-state index contributed by atoms with van der Waals surface area (Å²) < 4.78 is 10.4. The van der Waals surface area contributed by atoms with Crippen molar-refractivity contribution >= 4 is 17.7 Å². The molecular formula is C17H23N3O5. The van der Waals surface area contributed by atoms with Gasteiger partial charge in [-0.2, -0.15) is 0 Å². The highest BCUT2D eigenvalue weighted by Gasteiger charge is 2.43. The molecule has 1 amide bonds. The number of benzene rings is 1. The number of rotatable bonds is 6. The normalized spacial score (nSPS) is 22.1. The van der Waals surface area contributed by atoms with E-state index in [1.54, 1.807) is 13.8 Å². The molecule has 0 bridgehead atoms. The molecular weight excluding hydrogens is 326 g/mol. The van der Waals surface area contributed by atoms with Gasteiger partial charge in [-0.25, -0.2) is 9.80 Å². The zero-order valence-electron chi connectivity index (χ0n) is 14.3. The van der Waals surface area contributed by atoms with Crippen LogP contribution in [0, 0.1) is 0 Å². The van der Waals surface area contributed by atoms with Gasteiger partial charge in [0.25, 0.3) is 5.91 Å². The maximum atomic E-state index is 12.5. The Kier molecular flexibility index (Phi) is 6.49. The van der Waals surface area contributed by atoms with Gasteiger partial charge >= 0.3 is 5.97 Å². The number of aliphatic hydroxyl groups excluding tert-OH is 1. The van der Waals surface area contributed by atoms with Crippen LogP contribution in [-0.2, 0) is 25.7 Å². The molecule has 3 atom stereocenters. The molecule has 0 aliphatic carbocycles. The molecule has 3 N–H and O–H groups in total. The van der Waals surface area contributed by atoms with Gasteiger partial charge in [-0.05, 0) is 19.4 Å². The van der Waals surface area contributed by atoms with Crippen molar-refractivity contribution in [1.29, 1.82) is 0 Å².